The van der Waals surface area contributed by atoms with E-state index >= 15 is 0 Å². The van der Waals surface area contributed by atoms with Gasteiger partial charge in [-0.2, -0.15) is 4.98 Å². The summed E-state index contributed by atoms with van der Waals surface area (Å²) < 4.78 is 0. The van der Waals surface area contributed by atoms with Crippen LogP contribution in [0.3, 0.4) is 0 Å². The average Bonchev–Trinajstić information content (AvgIpc) is 2.40. The highest BCUT2D eigenvalue weighted by Crippen LogP contribution is 2.26. The highest BCUT2D eigenvalue weighted by molar-refractivity contribution is 5.71. The Morgan fingerprint density at radius 1 is 1.29 bits per heavy atom. The van der Waals surface area contributed by atoms with Crippen molar-refractivity contribution < 1.29 is 9.72 Å². The number of nitro groups is 1. The first kappa shape index (κ1) is 16.4. The van der Waals surface area contributed by atoms with Crippen molar-refractivity contribution in [3.8, 4) is 0 Å². The molecule has 0 aromatic carbocycles. The Morgan fingerprint density at radius 2 is 2.00 bits per heavy atom. The van der Waals surface area contributed by atoms with Gasteiger partial charge in [0.05, 0.1) is 4.92 Å². The van der Waals surface area contributed by atoms with Crippen LogP contribution in [-0.4, -0.2) is 40.6 Å². The molecule has 2 amide bonds. The van der Waals surface area contributed by atoms with Crippen LogP contribution in [0.15, 0.2) is 0 Å². The van der Waals surface area contributed by atoms with Gasteiger partial charge in [0.25, 0.3) is 0 Å². The minimum atomic E-state index is -0.657. The molecule has 1 aromatic heterocycles. The monoisotopic (exact) mass is 297 g/mol. The number of carbonyl (C=O) groups is 1. The van der Waals surface area contributed by atoms with Crippen LogP contribution in [-0.2, 0) is 0 Å². The number of primary amides is 1. The van der Waals surface area contributed by atoms with E-state index in [4.69, 9.17) is 5.73 Å². The lowest BCUT2D eigenvalue weighted by Crippen LogP contribution is -2.33. The van der Waals surface area contributed by atoms with E-state index in [0.717, 1.165) is 6.42 Å². The van der Waals surface area contributed by atoms with Crippen molar-refractivity contribution in [3.05, 3.63) is 15.8 Å². The van der Waals surface area contributed by atoms with Crippen LogP contribution in [0.2, 0.25) is 0 Å². The van der Waals surface area contributed by atoms with Gasteiger partial charge in [-0.25, -0.2) is 9.78 Å². The minimum absolute atomic E-state index is 0.109. The first-order valence-electron chi connectivity index (χ1n) is 6.49. The van der Waals surface area contributed by atoms with E-state index in [1.54, 1.807) is 6.92 Å². The van der Waals surface area contributed by atoms with Gasteiger partial charge >= 0.3 is 11.7 Å². The van der Waals surface area contributed by atoms with E-state index in [1.807, 2.05) is 6.92 Å². The Morgan fingerprint density at radius 3 is 2.57 bits per heavy atom. The minimum Gasteiger partial charge on any atom is -0.362 e. The van der Waals surface area contributed by atoms with Crippen molar-refractivity contribution in [3.63, 3.8) is 0 Å². The predicted octanol–water partition coefficient (Wildman–Crippen LogP) is 0.595. The highest BCUT2D eigenvalue weighted by Gasteiger charge is 2.21. The summed E-state index contributed by atoms with van der Waals surface area (Å²) in [4.78, 5) is 29.2. The van der Waals surface area contributed by atoms with Crippen LogP contribution in [0.5, 0.6) is 0 Å². The summed E-state index contributed by atoms with van der Waals surface area (Å²) >= 11 is 0. The second kappa shape index (κ2) is 7.82. The van der Waals surface area contributed by atoms with E-state index in [-0.39, 0.29) is 30.3 Å². The smallest absolute Gasteiger partial charge is 0.332 e. The number of nitrogens with zero attached hydrogens (tertiary/aromatic N) is 3. The molecule has 0 aliphatic carbocycles. The summed E-state index contributed by atoms with van der Waals surface area (Å²) in [5, 5.41) is 19.2. The van der Waals surface area contributed by atoms with Crippen molar-refractivity contribution in [1.82, 2.24) is 15.3 Å². The molecule has 1 heterocycles. The number of rotatable bonds is 8. The molecule has 0 radical (unpaired) electrons. The van der Waals surface area contributed by atoms with Gasteiger partial charge in [0.1, 0.15) is 5.69 Å². The number of aromatic nitrogens is 2. The maximum Gasteiger partial charge on any atom is 0.332 e. The molecule has 0 fully saturated rings. The van der Waals surface area contributed by atoms with E-state index in [0.29, 0.717) is 12.5 Å². The van der Waals surface area contributed by atoms with Gasteiger partial charge in [-0.15, -0.1) is 0 Å². The molecule has 21 heavy (non-hydrogen) atoms. The second-order valence-electron chi connectivity index (χ2n) is 4.23. The summed E-state index contributed by atoms with van der Waals surface area (Å²) in [5.74, 6) is 0.433. The lowest BCUT2D eigenvalue weighted by Gasteiger charge is -2.10. The molecule has 0 bridgehead atoms. The third-order valence-corrected chi connectivity index (χ3v) is 2.49. The Kier molecular flexibility index (Phi) is 6.11. The molecule has 0 unspecified atom stereocenters. The zero-order valence-corrected chi connectivity index (χ0v) is 12.0. The SMILES string of the molecule is CCCNc1nc(C)c([N+](=O)[O-])c(NCCNC(N)=O)n1. The van der Waals surface area contributed by atoms with E-state index in [9.17, 15) is 14.9 Å². The van der Waals surface area contributed by atoms with Crippen molar-refractivity contribution in [1.29, 1.82) is 0 Å². The number of hydrogen-bond donors (Lipinski definition) is 4. The van der Waals surface area contributed by atoms with Gasteiger partial charge in [-0.3, -0.25) is 10.1 Å². The van der Waals surface area contributed by atoms with Crippen LogP contribution >= 0.6 is 0 Å². The summed E-state index contributed by atoms with van der Waals surface area (Å²) in [5.41, 5.74) is 5.01. The standard InChI is InChI=1S/C11H19N7O3/c1-3-4-15-11-16-7(2)8(18(20)21)9(17-11)13-5-6-14-10(12)19/h3-6H2,1-2H3,(H3,12,14,19)(H2,13,15,16,17). The number of aryl methyl sites for hydroxylation is 1. The van der Waals surface area contributed by atoms with Crippen LogP contribution in [0, 0.1) is 17.0 Å². The highest BCUT2D eigenvalue weighted by atomic mass is 16.6. The summed E-state index contributed by atoms with van der Waals surface area (Å²) in [6.07, 6.45) is 0.880. The molecule has 116 valence electrons. The van der Waals surface area contributed by atoms with E-state index in [1.165, 1.54) is 0 Å². The molecule has 0 spiro atoms. The van der Waals surface area contributed by atoms with Gasteiger partial charge in [-0.1, -0.05) is 6.92 Å². The quantitative estimate of drug-likeness (QED) is 0.312. The number of urea groups is 1. The molecule has 1 rings (SSSR count). The van der Waals surface area contributed by atoms with Crippen LogP contribution in [0.25, 0.3) is 0 Å². The van der Waals surface area contributed by atoms with Gasteiger partial charge in [0.2, 0.25) is 11.8 Å². The number of carbonyl (C=O) groups excluding carboxylic acids is 1. The van der Waals surface area contributed by atoms with E-state index in [2.05, 4.69) is 25.9 Å². The van der Waals surface area contributed by atoms with Crippen molar-refractivity contribution in [2.75, 3.05) is 30.3 Å². The largest absolute Gasteiger partial charge is 0.362 e. The number of anilines is 2. The lowest BCUT2D eigenvalue weighted by atomic mass is 10.3. The third kappa shape index (κ3) is 5.09. The fraction of sp³-hybridized carbons (Fsp3) is 0.545. The molecule has 0 atom stereocenters. The second-order valence-corrected chi connectivity index (χ2v) is 4.23. The Bertz CT molecular complexity index is 521. The summed E-state index contributed by atoms with van der Waals surface area (Å²) in [6, 6.07) is -0.657. The van der Waals surface area contributed by atoms with Gasteiger partial charge < -0.3 is 21.7 Å². The first-order chi connectivity index (χ1) is 9.95. The lowest BCUT2D eigenvalue weighted by molar-refractivity contribution is -0.385. The number of nitrogens with one attached hydrogen (secondary N) is 3. The molecule has 1 aromatic rings. The maximum atomic E-state index is 11.1. The Balaban J connectivity index is 2.88. The fourth-order valence-corrected chi connectivity index (χ4v) is 1.59. The van der Waals surface area contributed by atoms with Crippen molar-refractivity contribution in [2.24, 2.45) is 5.73 Å². The third-order valence-electron chi connectivity index (χ3n) is 2.49. The topological polar surface area (TPSA) is 148 Å². The molecule has 5 N–H and O–H groups in total. The van der Waals surface area contributed by atoms with Crippen LogP contribution in [0.4, 0.5) is 22.2 Å². The van der Waals surface area contributed by atoms with Gasteiger partial charge in [0, 0.05) is 19.6 Å². The fourth-order valence-electron chi connectivity index (χ4n) is 1.59. The Labute approximate surface area is 121 Å². The van der Waals surface area contributed by atoms with Crippen molar-refractivity contribution in [2.45, 2.75) is 20.3 Å². The zero-order valence-electron chi connectivity index (χ0n) is 12.0. The van der Waals surface area contributed by atoms with Gasteiger partial charge in [-0.05, 0) is 13.3 Å². The first-order valence-corrected chi connectivity index (χ1v) is 6.49. The molecular weight excluding hydrogens is 278 g/mol. The summed E-state index contributed by atoms with van der Waals surface area (Å²) in [6.45, 7) is 4.68. The summed E-state index contributed by atoms with van der Waals surface area (Å²) in [7, 11) is 0. The molecule has 0 aliphatic heterocycles. The molecule has 0 saturated carbocycles. The number of hydrogen-bond acceptors (Lipinski definition) is 7. The van der Waals surface area contributed by atoms with Crippen molar-refractivity contribution >= 4 is 23.5 Å². The number of nitrogens with two attached hydrogens (primary N) is 1. The maximum absolute atomic E-state index is 11.1. The molecule has 0 saturated heterocycles. The number of amides is 2. The Hall–Kier alpha value is -2.65. The molecule has 10 nitrogen and oxygen atoms in total. The van der Waals surface area contributed by atoms with Gasteiger partial charge in [0.15, 0.2) is 0 Å². The zero-order chi connectivity index (χ0) is 15.8. The molecule has 0 aliphatic rings. The molecular formula is C11H19N7O3. The normalized spacial score (nSPS) is 10.0. The predicted molar refractivity (Wildman–Crippen MR) is 78.3 cm³/mol. The van der Waals surface area contributed by atoms with Crippen LogP contribution in [0.1, 0.15) is 19.0 Å². The average molecular weight is 297 g/mol. The van der Waals surface area contributed by atoms with Crippen LogP contribution < -0.4 is 21.7 Å². The molecule has 10 heteroatoms. The van der Waals surface area contributed by atoms with E-state index < -0.39 is 11.0 Å².